The molecular weight excluding hydrogens is 483 g/mol. The van der Waals surface area contributed by atoms with E-state index in [9.17, 15) is 4.79 Å². The Hall–Kier alpha value is -3.48. The molecule has 4 aromatic rings. The van der Waals surface area contributed by atoms with Crippen molar-refractivity contribution in [1.82, 2.24) is 14.5 Å². The van der Waals surface area contributed by atoms with E-state index in [0.717, 1.165) is 29.8 Å². The molecule has 0 aliphatic heterocycles. The van der Waals surface area contributed by atoms with Crippen LogP contribution in [0.3, 0.4) is 0 Å². The molecule has 0 radical (unpaired) electrons. The number of rotatable bonds is 10. The van der Waals surface area contributed by atoms with Gasteiger partial charge in [0, 0.05) is 37.1 Å². The Kier molecular flexibility index (Phi) is 8.65. The summed E-state index contributed by atoms with van der Waals surface area (Å²) in [5, 5.41) is 3.81. The zero-order valence-electron chi connectivity index (χ0n) is 19.1. The third kappa shape index (κ3) is 7.50. The van der Waals surface area contributed by atoms with E-state index >= 15 is 0 Å². The Labute approximate surface area is 215 Å². The molecule has 4 rings (SSSR count). The first kappa shape index (κ1) is 24.6. The number of nitrogens with one attached hydrogen (secondary N) is 1. The molecule has 0 fully saturated rings. The fraction of sp³-hybridized carbons (Fsp3) is 0.185. The minimum atomic E-state index is -0.232. The third-order valence-corrected chi connectivity index (χ3v) is 5.96. The van der Waals surface area contributed by atoms with Crippen LogP contribution in [0.1, 0.15) is 17.5 Å². The van der Waals surface area contributed by atoms with Gasteiger partial charge in [0.2, 0.25) is 0 Å². The summed E-state index contributed by atoms with van der Waals surface area (Å²) in [7, 11) is 0. The Morgan fingerprint density at radius 2 is 1.80 bits per heavy atom. The van der Waals surface area contributed by atoms with Crippen LogP contribution >= 0.6 is 23.2 Å². The maximum Gasteiger partial charge on any atom is 0.322 e. The van der Waals surface area contributed by atoms with Crippen LogP contribution in [0.2, 0.25) is 10.0 Å². The number of hydrogen-bond acceptors (Lipinski definition) is 3. The lowest BCUT2D eigenvalue weighted by Crippen LogP contribution is -2.35. The van der Waals surface area contributed by atoms with E-state index in [1.165, 1.54) is 0 Å². The number of urea groups is 1. The van der Waals surface area contributed by atoms with Crippen molar-refractivity contribution < 1.29 is 9.53 Å². The molecule has 0 bridgehead atoms. The van der Waals surface area contributed by atoms with E-state index in [-0.39, 0.29) is 6.03 Å². The smallest absolute Gasteiger partial charge is 0.322 e. The standard InChI is InChI=1S/C27H26Cl2N4O2/c28-23-9-12-26(25(29)17-23)31-27(34)33(15-4-14-32-16-13-30-20-32)18-21-7-10-24(11-8-21)35-19-22-5-2-1-3-6-22/h1-3,5-13,16-17,20H,4,14-15,18-19H2,(H,31,34). The SMILES string of the molecule is O=C(Nc1ccc(Cl)cc1Cl)N(CCCn1ccnc1)Cc1ccc(OCc2ccccc2)cc1. The van der Waals surface area contributed by atoms with Gasteiger partial charge < -0.3 is 19.5 Å². The summed E-state index contributed by atoms with van der Waals surface area (Å²) < 4.78 is 7.87. The zero-order valence-corrected chi connectivity index (χ0v) is 20.6. The van der Waals surface area contributed by atoms with E-state index in [4.69, 9.17) is 27.9 Å². The Bertz CT molecular complexity index is 1220. The minimum Gasteiger partial charge on any atom is -0.489 e. The number of amides is 2. The topological polar surface area (TPSA) is 59.4 Å². The molecular formula is C27H26Cl2N4O2. The fourth-order valence-corrected chi connectivity index (χ4v) is 4.01. The highest BCUT2D eigenvalue weighted by Gasteiger charge is 2.16. The number of carbonyl (C=O) groups is 1. The number of ether oxygens (including phenoxy) is 1. The molecule has 0 saturated carbocycles. The van der Waals surface area contributed by atoms with Gasteiger partial charge in [-0.2, -0.15) is 0 Å². The predicted molar refractivity (Wildman–Crippen MR) is 140 cm³/mol. The van der Waals surface area contributed by atoms with Crippen molar-refractivity contribution in [3.05, 3.63) is 113 Å². The van der Waals surface area contributed by atoms with Gasteiger partial charge >= 0.3 is 6.03 Å². The van der Waals surface area contributed by atoms with Crippen LogP contribution in [0.5, 0.6) is 5.75 Å². The summed E-state index contributed by atoms with van der Waals surface area (Å²) >= 11 is 12.2. The normalized spacial score (nSPS) is 10.7. The van der Waals surface area contributed by atoms with Crippen LogP contribution in [0.4, 0.5) is 10.5 Å². The van der Waals surface area contributed by atoms with Crippen molar-refractivity contribution in [3.63, 3.8) is 0 Å². The number of benzene rings is 3. The van der Waals surface area contributed by atoms with Gasteiger partial charge in [-0.05, 0) is 47.9 Å². The van der Waals surface area contributed by atoms with Gasteiger partial charge in [-0.3, -0.25) is 0 Å². The lowest BCUT2D eigenvalue weighted by atomic mass is 10.2. The average Bonchev–Trinajstić information content (AvgIpc) is 3.39. The fourth-order valence-electron chi connectivity index (χ4n) is 3.55. The molecule has 0 saturated heterocycles. The molecule has 8 heteroatoms. The van der Waals surface area contributed by atoms with E-state index in [1.54, 1.807) is 35.6 Å². The highest BCUT2D eigenvalue weighted by atomic mass is 35.5. The van der Waals surface area contributed by atoms with Crippen LogP contribution in [0.25, 0.3) is 0 Å². The number of imidazole rings is 1. The molecule has 0 spiro atoms. The van der Waals surface area contributed by atoms with E-state index in [1.807, 2.05) is 65.4 Å². The quantitative estimate of drug-likeness (QED) is 0.253. The Morgan fingerprint density at radius 1 is 1.00 bits per heavy atom. The average molecular weight is 509 g/mol. The second-order valence-electron chi connectivity index (χ2n) is 8.05. The number of anilines is 1. The van der Waals surface area contributed by atoms with Gasteiger partial charge in [-0.1, -0.05) is 65.7 Å². The van der Waals surface area contributed by atoms with Gasteiger partial charge in [-0.15, -0.1) is 0 Å². The van der Waals surface area contributed by atoms with Crippen molar-refractivity contribution in [2.75, 3.05) is 11.9 Å². The molecule has 1 aromatic heterocycles. The molecule has 2 amide bonds. The number of carbonyl (C=O) groups excluding carboxylic acids is 1. The van der Waals surface area contributed by atoms with Crippen LogP contribution in [0.15, 0.2) is 91.5 Å². The first-order chi connectivity index (χ1) is 17.1. The Morgan fingerprint density at radius 3 is 2.51 bits per heavy atom. The number of halogens is 2. The number of aryl methyl sites for hydroxylation is 1. The third-order valence-electron chi connectivity index (χ3n) is 5.41. The number of hydrogen-bond donors (Lipinski definition) is 1. The second kappa shape index (κ2) is 12.3. The van der Waals surface area contributed by atoms with Crippen molar-refractivity contribution in [2.45, 2.75) is 26.1 Å². The van der Waals surface area contributed by atoms with Gasteiger partial charge in [0.15, 0.2) is 0 Å². The van der Waals surface area contributed by atoms with Gasteiger partial charge in [0.1, 0.15) is 12.4 Å². The number of nitrogens with zero attached hydrogens (tertiary/aromatic N) is 3. The summed E-state index contributed by atoms with van der Waals surface area (Å²) in [5.41, 5.74) is 2.63. The first-order valence-electron chi connectivity index (χ1n) is 11.3. The van der Waals surface area contributed by atoms with E-state index in [0.29, 0.717) is 35.4 Å². The lowest BCUT2D eigenvalue weighted by Gasteiger charge is -2.24. The molecule has 1 heterocycles. The molecule has 3 aromatic carbocycles. The molecule has 35 heavy (non-hydrogen) atoms. The summed E-state index contributed by atoms with van der Waals surface area (Å²) in [5.74, 6) is 0.779. The Balaban J connectivity index is 1.40. The maximum atomic E-state index is 13.2. The van der Waals surface area contributed by atoms with Crippen molar-refractivity contribution in [2.24, 2.45) is 0 Å². The molecule has 0 aliphatic carbocycles. The van der Waals surface area contributed by atoms with Crippen molar-refractivity contribution in [1.29, 1.82) is 0 Å². The monoisotopic (exact) mass is 508 g/mol. The van der Waals surface area contributed by atoms with Crippen LogP contribution in [-0.4, -0.2) is 27.0 Å². The van der Waals surface area contributed by atoms with Crippen molar-refractivity contribution >= 4 is 34.9 Å². The highest BCUT2D eigenvalue weighted by molar-refractivity contribution is 6.36. The molecule has 6 nitrogen and oxygen atoms in total. The summed E-state index contributed by atoms with van der Waals surface area (Å²) in [6.07, 6.45) is 6.20. The summed E-state index contributed by atoms with van der Waals surface area (Å²) in [4.78, 5) is 19.0. The summed E-state index contributed by atoms with van der Waals surface area (Å²) in [6.45, 7) is 2.27. The van der Waals surface area contributed by atoms with Crippen LogP contribution < -0.4 is 10.1 Å². The minimum absolute atomic E-state index is 0.232. The van der Waals surface area contributed by atoms with Gasteiger partial charge in [0.05, 0.1) is 17.0 Å². The molecule has 0 unspecified atom stereocenters. The second-order valence-corrected chi connectivity index (χ2v) is 8.89. The van der Waals surface area contributed by atoms with Crippen LogP contribution in [0, 0.1) is 0 Å². The molecule has 180 valence electrons. The largest absolute Gasteiger partial charge is 0.489 e. The zero-order chi connectivity index (χ0) is 24.5. The van der Waals surface area contributed by atoms with Gasteiger partial charge in [0.25, 0.3) is 0 Å². The van der Waals surface area contributed by atoms with E-state index < -0.39 is 0 Å². The molecule has 0 aliphatic rings. The number of aromatic nitrogens is 2. The van der Waals surface area contributed by atoms with Crippen LogP contribution in [-0.2, 0) is 19.7 Å². The lowest BCUT2D eigenvalue weighted by molar-refractivity contribution is 0.207. The molecule has 1 N–H and O–H groups in total. The maximum absolute atomic E-state index is 13.2. The highest BCUT2D eigenvalue weighted by Crippen LogP contribution is 2.26. The van der Waals surface area contributed by atoms with Crippen molar-refractivity contribution in [3.8, 4) is 5.75 Å². The predicted octanol–water partition coefficient (Wildman–Crippen LogP) is 6.89. The summed E-state index contributed by atoms with van der Waals surface area (Å²) in [6, 6.07) is 22.6. The molecule has 0 atom stereocenters. The van der Waals surface area contributed by atoms with Gasteiger partial charge in [-0.25, -0.2) is 9.78 Å². The van der Waals surface area contributed by atoms with E-state index in [2.05, 4.69) is 10.3 Å². The first-order valence-corrected chi connectivity index (χ1v) is 12.0.